The molecular formula is C13H20N2O. The molecule has 0 bridgehead atoms. The van der Waals surface area contributed by atoms with Crippen LogP contribution in [0.15, 0.2) is 18.2 Å². The van der Waals surface area contributed by atoms with Crippen molar-refractivity contribution in [2.45, 2.75) is 33.2 Å². The van der Waals surface area contributed by atoms with Gasteiger partial charge in [0.15, 0.2) is 0 Å². The van der Waals surface area contributed by atoms with Gasteiger partial charge >= 0.3 is 0 Å². The number of nitrogens with two attached hydrogens (primary N) is 1. The lowest BCUT2D eigenvalue weighted by atomic mass is 10.1. The number of anilines is 1. The largest absolute Gasteiger partial charge is 0.320 e. The molecule has 1 amide bonds. The van der Waals surface area contributed by atoms with Gasteiger partial charge in [0.25, 0.3) is 0 Å². The van der Waals surface area contributed by atoms with Gasteiger partial charge in [0.05, 0.1) is 6.04 Å². The molecule has 1 rings (SSSR count). The van der Waals surface area contributed by atoms with Crippen molar-refractivity contribution in [3.8, 4) is 0 Å². The van der Waals surface area contributed by atoms with Crippen molar-refractivity contribution in [2.24, 2.45) is 5.73 Å². The van der Waals surface area contributed by atoms with Gasteiger partial charge < -0.3 is 10.6 Å². The first-order chi connectivity index (χ1) is 7.49. The summed E-state index contributed by atoms with van der Waals surface area (Å²) in [4.78, 5) is 13.6. The molecule has 0 fully saturated rings. The van der Waals surface area contributed by atoms with Crippen LogP contribution in [-0.4, -0.2) is 19.0 Å². The van der Waals surface area contributed by atoms with Gasteiger partial charge in [0, 0.05) is 12.7 Å². The fourth-order valence-electron chi connectivity index (χ4n) is 1.87. The molecular weight excluding hydrogens is 200 g/mol. The van der Waals surface area contributed by atoms with Crippen LogP contribution in [0.2, 0.25) is 0 Å². The Labute approximate surface area is 97.2 Å². The third-order valence-electron chi connectivity index (χ3n) is 2.86. The number of amides is 1. The standard InChI is InChI=1S/C13H20N2O/c1-5-11(14)13(16)15(4)12-9(2)7-6-8-10(12)3/h6-8,11H,5,14H2,1-4H3. The van der Waals surface area contributed by atoms with Crippen LogP contribution in [0.25, 0.3) is 0 Å². The molecule has 0 aromatic heterocycles. The van der Waals surface area contributed by atoms with E-state index in [0.717, 1.165) is 16.8 Å². The van der Waals surface area contributed by atoms with Crippen LogP contribution in [0, 0.1) is 13.8 Å². The fourth-order valence-corrected chi connectivity index (χ4v) is 1.87. The van der Waals surface area contributed by atoms with Gasteiger partial charge in [-0.05, 0) is 31.4 Å². The Balaban J connectivity index is 3.05. The highest BCUT2D eigenvalue weighted by Gasteiger charge is 2.19. The van der Waals surface area contributed by atoms with E-state index in [9.17, 15) is 4.79 Å². The molecule has 0 aliphatic rings. The van der Waals surface area contributed by atoms with E-state index < -0.39 is 6.04 Å². The highest BCUT2D eigenvalue weighted by molar-refractivity contribution is 5.97. The van der Waals surface area contributed by atoms with E-state index in [0.29, 0.717) is 6.42 Å². The molecule has 1 unspecified atom stereocenters. The van der Waals surface area contributed by atoms with Gasteiger partial charge in [0.1, 0.15) is 0 Å². The fraction of sp³-hybridized carbons (Fsp3) is 0.462. The Morgan fingerprint density at radius 1 is 1.38 bits per heavy atom. The summed E-state index contributed by atoms with van der Waals surface area (Å²) in [5.41, 5.74) is 8.93. The third kappa shape index (κ3) is 2.42. The summed E-state index contributed by atoms with van der Waals surface area (Å²) >= 11 is 0. The van der Waals surface area contributed by atoms with Crippen LogP contribution in [-0.2, 0) is 4.79 Å². The van der Waals surface area contributed by atoms with Crippen molar-refractivity contribution in [3.63, 3.8) is 0 Å². The van der Waals surface area contributed by atoms with Gasteiger partial charge in [-0.2, -0.15) is 0 Å². The first kappa shape index (κ1) is 12.7. The van der Waals surface area contributed by atoms with Crippen molar-refractivity contribution in [2.75, 3.05) is 11.9 Å². The summed E-state index contributed by atoms with van der Waals surface area (Å²) in [6.07, 6.45) is 0.661. The lowest BCUT2D eigenvalue weighted by Gasteiger charge is -2.24. The van der Waals surface area contributed by atoms with E-state index in [2.05, 4.69) is 0 Å². The molecule has 2 N–H and O–H groups in total. The molecule has 1 aromatic carbocycles. The molecule has 0 aliphatic carbocycles. The Bertz CT molecular complexity index is 367. The second-order valence-corrected chi connectivity index (χ2v) is 4.15. The van der Waals surface area contributed by atoms with Crippen molar-refractivity contribution < 1.29 is 4.79 Å². The van der Waals surface area contributed by atoms with Crippen molar-refractivity contribution >= 4 is 11.6 Å². The van der Waals surface area contributed by atoms with Crippen LogP contribution >= 0.6 is 0 Å². The number of likely N-dealkylation sites (N-methyl/N-ethyl adjacent to an activating group) is 1. The number of carbonyl (C=O) groups is 1. The highest BCUT2D eigenvalue weighted by Crippen LogP contribution is 2.23. The third-order valence-corrected chi connectivity index (χ3v) is 2.86. The van der Waals surface area contributed by atoms with Crippen LogP contribution < -0.4 is 10.6 Å². The molecule has 0 radical (unpaired) electrons. The summed E-state index contributed by atoms with van der Waals surface area (Å²) in [5.74, 6) is -0.0279. The van der Waals surface area contributed by atoms with Gasteiger partial charge in [-0.1, -0.05) is 25.1 Å². The number of aryl methyl sites for hydroxylation is 2. The van der Waals surface area contributed by atoms with Crippen LogP contribution in [0.1, 0.15) is 24.5 Å². The second kappa shape index (κ2) is 5.12. The van der Waals surface area contributed by atoms with E-state index in [1.54, 1.807) is 11.9 Å². The summed E-state index contributed by atoms with van der Waals surface area (Å²) in [5, 5.41) is 0. The number of rotatable bonds is 3. The molecule has 0 saturated carbocycles. The molecule has 3 nitrogen and oxygen atoms in total. The Morgan fingerprint density at radius 3 is 2.31 bits per heavy atom. The minimum Gasteiger partial charge on any atom is -0.320 e. The maximum absolute atomic E-state index is 12.0. The molecule has 3 heteroatoms. The van der Waals surface area contributed by atoms with Crippen LogP contribution in [0.3, 0.4) is 0 Å². The van der Waals surface area contributed by atoms with Gasteiger partial charge in [-0.15, -0.1) is 0 Å². The summed E-state index contributed by atoms with van der Waals surface area (Å²) < 4.78 is 0. The summed E-state index contributed by atoms with van der Waals surface area (Å²) in [6, 6.07) is 5.59. The average Bonchev–Trinajstić information content (AvgIpc) is 2.26. The number of hydrogen-bond acceptors (Lipinski definition) is 2. The lowest BCUT2D eigenvalue weighted by Crippen LogP contribution is -2.41. The monoisotopic (exact) mass is 220 g/mol. The number of benzene rings is 1. The topological polar surface area (TPSA) is 46.3 Å². The Hall–Kier alpha value is -1.35. The zero-order chi connectivity index (χ0) is 12.3. The van der Waals surface area contributed by atoms with Crippen molar-refractivity contribution in [1.82, 2.24) is 0 Å². The first-order valence-corrected chi connectivity index (χ1v) is 5.58. The van der Waals surface area contributed by atoms with Gasteiger partial charge in [-0.3, -0.25) is 4.79 Å². The zero-order valence-corrected chi connectivity index (χ0v) is 10.4. The molecule has 16 heavy (non-hydrogen) atoms. The number of carbonyl (C=O) groups excluding carboxylic acids is 1. The quantitative estimate of drug-likeness (QED) is 0.847. The predicted octanol–water partition coefficient (Wildman–Crippen LogP) is 2.00. The maximum Gasteiger partial charge on any atom is 0.243 e. The highest BCUT2D eigenvalue weighted by atomic mass is 16.2. The average molecular weight is 220 g/mol. The zero-order valence-electron chi connectivity index (χ0n) is 10.4. The SMILES string of the molecule is CCC(N)C(=O)N(C)c1c(C)cccc1C. The number of para-hydroxylation sites is 1. The van der Waals surface area contributed by atoms with Crippen molar-refractivity contribution in [3.05, 3.63) is 29.3 Å². The minimum atomic E-state index is -0.413. The summed E-state index contributed by atoms with van der Waals surface area (Å²) in [7, 11) is 1.78. The molecule has 0 heterocycles. The van der Waals surface area contributed by atoms with E-state index in [4.69, 9.17) is 5.73 Å². The molecule has 1 atom stereocenters. The molecule has 1 aromatic rings. The summed E-state index contributed by atoms with van der Waals surface area (Å²) in [6.45, 7) is 5.92. The predicted molar refractivity (Wildman–Crippen MR) is 67.6 cm³/mol. The molecule has 88 valence electrons. The number of hydrogen-bond donors (Lipinski definition) is 1. The van der Waals surface area contributed by atoms with E-state index in [1.807, 2.05) is 39.0 Å². The Morgan fingerprint density at radius 2 is 1.88 bits per heavy atom. The lowest BCUT2D eigenvalue weighted by molar-refractivity contribution is -0.119. The Kier molecular flexibility index (Phi) is 4.07. The van der Waals surface area contributed by atoms with Gasteiger partial charge in [0.2, 0.25) is 5.91 Å². The van der Waals surface area contributed by atoms with E-state index >= 15 is 0 Å². The second-order valence-electron chi connectivity index (χ2n) is 4.15. The van der Waals surface area contributed by atoms with Crippen LogP contribution in [0.5, 0.6) is 0 Å². The van der Waals surface area contributed by atoms with E-state index in [1.165, 1.54) is 0 Å². The minimum absolute atomic E-state index is 0.0279. The van der Waals surface area contributed by atoms with Crippen LogP contribution in [0.4, 0.5) is 5.69 Å². The van der Waals surface area contributed by atoms with Gasteiger partial charge in [-0.25, -0.2) is 0 Å². The number of nitrogens with zero attached hydrogens (tertiary/aromatic N) is 1. The van der Waals surface area contributed by atoms with Crippen molar-refractivity contribution in [1.29, 1.82) is 0 Å². The molecule has 0 saturated heterocycles. The smallest absolute Gasteiger partial charge is 0.243 e. The molecule has 0 spiro atoms. The first-order valence-electron chi connectivity index (χ1n) is 5.58. The normalized spacial score (nSPS) is 12.3. The molecule has 0 aliphatic heterocycles. The maximum atomic E-state index is 12.0. The van der Waals surface area contributed by atoms with E-state index in [-0.39, 0.29) is 5.91 Å².